The van der Waals surface area contributed by atoms with Crippen LogP contribution in [-0.2, 0) is 4.74 Å². The molecule has 4 nitrogen and oxygen atoms in total. The highest BCUT2D eigenvalue weighted by Crippen LogP contribution is 2.21. The SMILES string of the molecule is CCN1CCOC(CNC(C)c2scnc2C)C1. The molecule has 0 saturated carbocycles. The predicted molar refractivity (Wildman–Crippen MR) is 75.1 cm³/mol. The lowest BCUT2D eigenvalue weighted by atomic mass is 10.2. The van der Waals surface area contributed by atoms with Crippen molar-refractivity contribution in [2.75, 3.05) is 32.8 Å². The molecule has 1 aliphatic heterocycles. The number of nitrogens with zero attached hydrogens (tertiary/aromatic N) is 2. The molecule has 102 valence electrons. The fourth-order valence-electron chi connectivity index (χ4n) is 2.32. The van der Waals surface area contributed by atoms with Gasteiger partial charge in [-0.05, 0) is 20.4 Å². The number of morpholine rings is 1. The summed E-state index contributed by atoms with van der Waals surface area (Å²) in [6.45, 7) is 11.5. The average Bonchev–Trinajstić information content (AvgIpc) is 2.82. The minimum absolute atomic E-state index is 0.314. The van der Waals surface area contributed by atoms with E-state index in [1.54, 1.807) is 11.3 Å². The first-order valence-electron chi connectivity index (χ1n) is 6.68. The van der Waals surface area contributed by atoms with Crippen LogP contribution in [0.4, 0.5) is 0 Å². The van der Waals surface area contributed by atoms with Gasteiger partial charge in [0.05, 0.1) is 23.9 Å². The minimum Gasteiger partial charge on any atom is -0.374 e. The molecule has 2 rings (SSSR count). The first kappa shape index (κ1) is 13.9. The summed E-state index contributed by atoms with van der Waals surface area (Å²) in [7, 11) is 0. The van der Waals surface area contributed by atoms with Crippen molar-refractivity contribution in [2.45, 2.75) is 32.9 Å². The summed E-state index contributed by atoms with van der Waals surface area (Å²) in [6, 6.07) is 0.359. The Labute approximate surface area is 113 Å². The number of likely N-dealkylation sites (N-methyl/N-ethyl adjacent to an activating group) is 1. The van der Waals surface area contributed by atoms with E-state index in [1.165, 1.54) is 4.88 Å². The van der Waals surface area contributed by atoms with E-state index in [9.17, 15) is 0 Å². The van der Waals surface area contributed by atoms with E-state index >= 15 is 0 Å². The van der Waals surface area contributed by atoms with Crippen molar-refractivity contribution in [1.29, 1.82) is 0 Å². The van der Waals surface area contributed by atoms with E-state index in [1.807, 2.05) is 5.51 Å². The Morgan fingerprint density at radius 1 is 1.67 bits per heavy atom. The van der Waals surface area contributed by atoms with Gasteiger partial charge in [0.25, 0.3) is 0 Å². The highest BCUT2D eigenvalue weighted by molar-refractivity contribution is 7.09. The molecule has 2 atom stereocenters. The van der Waals surface area contributed by atoms with Crippen LogP contribution in [0.2, 0.25) is 0 Å². The summed E-state index contributed by atoms with van der Waals surface area (Å²) in [6.07, 6.45) is 0.314. The van der Waals surface area contributed by atoms with Crippen LogP contribution >= 0.6 is 11.3 Å². The van der Waals surface area contributed by atoms with Gasteiger partial charge >= 0.3 is 0 Å². The standard InChI is InChI=1S/C13H23N3OS/c1-4-16-5-6-17-12(8-16)7-14-10(2)13-11(3)15-9-18-13/h9-10,12,14H,4-8H2,1-3H3. The largest absolute Gasteiger partial charge is 0.374 e. The van der Waals surface area contributed by atoms with Crippen LogP contribution in [0.1, 0.15) is 30.5 Å². The highest BCUT2D eigenvalue weighted by Gasteiger charge is 2.20. The van der Waals surface area contributed by atoms with Crippen LogP contribution < -0.4 is 5.32 Å². The lowest BCUT2D eigenvalue weighted by Crippen LogP contribution is -2.46. The number of nitrogens with one attached hydrogen (secondary N) is 1. The lowest BCUT2D eigenvalue weighted by Gasteiger charge is -2.32. The summed E-state index contributed by atoms with van der Waals surface area (Å²) in [5, 5.41) is 3.56. The van der Waals surface area contributed by atoms with Crippen LogP contribution in [-0.4, -0.2) is 48.8 Å². The van der Waals surface area contributed by atoms with Gasteiger partial charge in [0.1, 0.15) is 0 Å². The van der Waals surface area contributed by atoms with Crippen molar-refractivity contribution in [3.8, 4) is 0 Å². The Balaban J connectivity index is 1.79. The van der Waals surface area contributed by atoms with Crippen LogP contribution in [0.5, 0.6) is 0 Å². The third kappa shape index (κ3) is 3.51. The van der Waals surface area contributed by atoms with Gasteiger partial charge < -0.3 is 10.1 Å². The zero-order valence-electron chi connectivity index (χ0n) is 11.5. The van der Waals surface area contributed by atoms with Gasteiger partial charge in [0, 0.05) is 30.6 Å². The molecule has 0 spiro atoms. The Kier molecular flexibility index (Phi) is 5.12. The fourth-order valence-corrected chi connectivity index (χ4v) is 3.15. The number of thiazole rings is 1. The van der Waals surface area contributed by atoms with E-state index in [0.29, 0.717) is 12.1 Å². The lowest BCUT2D eigenvalue weighted by molar-refractivity contribution is -0.0261. The summed E-state index contributed by atoms with van der Waals surface area (Å²) >= 11 is 1.72. The van der Waals surface area contributed by atoms with Crippen LogP contribution in [0.3, 0.4) is 0 Å². The Morgan fingerprint density at radius 2 is 2.50 bits per heavy atom. The molecule has 0 aliphatic carbocycles. The van der Waals surface area contributed by atoms with Crippen molar-refractivity contribution in [3.05, 3.63) is 16.1 Å². The molecule has 2 unspecified atom stereocenters. The highest BCUT2D eigenvalue weighted by atomic mass is 32.1. The topological polar surface area (TPSA) is 37.4 Å². The smallest absolute Gasteiger partial charge is 0.0826 e. The monoisotopic (exact) mass is 269 g/mol. The van der Waals surface area contributed by atoms with Gasteiger partial charge in [0.15, 0.2) is 0 Å². The molecular formula is C13H23N3OS. The molecule has 1 fully saturated rings. The van der Waals surface area contributed by atoms with E-state index in [0.717, 1.165) is 38.5 Å². The van der Waals surface area contributed by atoms with E-state index in [2.05, 4.69) is 36.0 Å². The Bertz CT molecular complexity index is 369. The number of ether oxygens (including phenoxy) is 1. The molecular weight excluding hydrogens is 246 g/mol. The van der Waals surface area contributed by atoms with E-state index in [-0.39, 0.29) is 0 Å². The Hall–Kier alpha value is -0.490. The second-order valence-corrected chi connectivity index (χ2v) is 5.70. The minimum atomic E-state index is 0.314. The van der Waals surface area contributed by atoms with Crippen molar-refractivity contribution in [3.63, 3.8) is 0 Å². The van der Waals surface area contributed by atoms with Crippen LogP contribution in [0.25, 0.3) is 0 Å². The zero-order chi connectivity index (χ0) is 13.0. The first-order valence-corrected chi connectivity index (χ1v) is 7.56. The van der Waals surface area contributed by atoms with Gasteiger partial charge in [-0.25, -0.2) is 4.98 Å². The maximum absolute atomic E-state index is 5.79. The zero-order valence-corrected chi connectivity index (χ0v) is 12.3. The summed E-state index contributed by atoms with van der Waals surface area (Å²) < 4.78 is 5.79. The average molecular weight is 269 g/mol. The summed E-state index contributed by atoms with van der Waals surface area (Å²) in [5.74, 6) is 0. The van der Waals surface area contributed by atoms with Gasteiger partial charge in [-0.3, -0.25) is 4.90 Å². The molecule has 1 aromatic rings. The third-order valence-electron chi connectivity index (χ3n) is 3.50. The fraction of sp³-hybridized carbons (Fsp3) is 0.769. The Morgan fingerprint density at radius 3 is 3.17 bits per heavy atom. The number of aromatic nitrogens is 1. The van der Waals surface area contributed by atoms with Crippen LogP contribution in [0, 0.1) is 6.92 Å². The van der Waals surface area contributed by atoms with Crippen LogP contribution in [0.15, 0.2) is 5.51 Å². The summed E-state index contributed by atoms with van der Waals surface area (Å²) in [5.41, 5.74) is 3.05. The van der Waals surface area contributed by atoms with Crippen molar-refractivity contribution < 1.29 is 4.74 Å². The van der Waals surface area contributed by atoms with Crippen molar-refractivity contribution in [2.24, 2.45) is 0 Å². The first-order chi connectivity index (χ1) is 8.70. The van der Waals surface area contributed by atoms with Gasteiger partial charge in [-0.15, -0.1) is 11.3 Å². The molecule has 0 radical (unpaired) electrons. The second-order valence-electron chi connectivity index (χ2n) is 4.82. The third-order valence-corrected chi connectivity index (χ3v) is 4.61. The maximum Gasteiger partial charge on any atom is 0.0826 e. The number of hydrogen-bond donors (Lipinski definition) is 1. The second kappa shape index (κ2) is 6.61. The molecule has 5 heteroatoms. The number of aryl methyl sites for hydroxylation is 1. The number of rotatable bonds is 5. The molecule has 1 aliphatic rings. The molecule has 1 N–H and O–H groups in total. The molecule has 2 heterocycles. The molecule has 0 amide bonds. The van der Waals surface area contributed by atoms with E-state index in [4.69, 9.17) is 4.74 Å². The van der Waals surface area contributed by atoms with Gasteiger partial charge in [-0.2, -0.15) is 0 Å². The predicted octanol–water partition coefficient (Wildman–Crippen LogP) is 1.82. The normalized spacial score (nSPS) is 23.2. The summed E-state index contributed by atoms with van der Waals surface area (Å²) in [4.78, 5) is 8.07. The van der Waals surface area contributed by atoms with Gasteiger partial charge in [0.2, 0.25) is 0 Å². The molecule has 1 saturated heterocycles. The molecule has 18 heavy (non-hydrogen) atoms. The van der Waals surface area contributed by atoms with Crippen molar-refractivity contribution >= 4 is 11.3 Å². The molecule has 0 bridgehead atoms. The van der Waals surface area contributed by atoms with Gasteiger partial charge in [-0.1, -0.05) is 6.92 Å². The number of hydrogen-bond acceptors (Lipinski definition) is 5. The molecule has 1 aromatic heterocycles. The quantitative estimate of drug-likeness (QED) is 0.885. The van der Waals surface area contributed by atoms with E-state index < -0.39 is 0 Å². The van der Waals surface area contributed by atoms with Crippen molar-refractivity contribution in [1.82, 2.24) is 15.2 Å². The maximum atomic E-state index is 5.79. The molecule has 0 aromatic carbocycles.